The molecular weight excluding hydrogens is 271 g/mol. The van der Waals surface area contributed by atoms with Gasteiger partial charge in [-0.05, 0) is 12.1 Å². The number of ether oxygens (including phenoxy) is 2. The molecule has 1 heterocycles. The van der Waals surface area contributed by atoms with E-state index in [2.05, 4.69) is 5.43 Å². The molecule has 1 aromatic carbocycles. The molecule has 1 aliphatic heterocycles. The standard InChI is InChI=1S/C13H18ClFN2O2/c1-18-13(4-6-19-7-5-13)12(17-16)10-3-2-9(14)8-11(10)15/h2-3,8,12,17H,4-7,16H2,1H3. The third kappa shape index (κ3) is 2.90. The molecule has 1 fully saturated rings. The van der Waals surface area contributed by atoms with Crippen LogP contribution in [0.2, 0.25) is 5.02 Å². The molecule has 0 saturated carbocycles. The Morgan fingerprint density at radius 2 is 2.16 bits per heavy atom. The van der Waals surface area contributed by atoms with Gasteiger partial charge in [-0.3, -0.25) is 5.84 Å². The van der Waals surface area contributed by atoms with Crippen molar-refractivity contribution in [3.8, 4) is 0 Å². The molecular formula is C13H18ClFN2O2. The van der Waals surface area contributed by atoms with Crippen LogP contribution in [0.4, 0.5) is 4.39 Å². The van der Waals surface area contributed by atoms with Gasteiger partial charge < -0.3 is 9.47 Å². The quantitative estimate of drug-likeness (QED) is 0.659. The van der Waals surface area contributed by atoms with E-state index in [1.807, 2.05) is 0 Å². The van der Waals surface area contributed by atoms with E-state index in [-0.39, 0.29) is 0 Å². The Labute approximate surface area is 117 Å². The highest BCUT2D eigenvalue weighted by Crippen LogP contribution is 2.38. The first-order valence-corrected chi connectivity index (χ1v) is 6.55. The molecule has 1 unspecified atom stereocenters. The molecule has 1 saturated heterocycles. The summed E-state index contributed by atoms with van der Waals surface area (Å²) in [4.78, 5) is 0. The second-order valence-electron chi connectivity index (χ2n) is 4.65. The molecule has 0 spiro atoms. The van der Waals surface area contributed by atoms with Gasteiger partial charge >= 0.3 is 0 Å². The Balaban J connectivity index is 2.36. The number of hydrogen-bond acceptors (Lipinski definition) is 4. The van der Waals surface area contributed by atoms with Crippen LogP contribution in [0.5, 0.6) is 0 Å². The van der Waals surface area contributed by atoms with Gasteiger partial charge in [-0.1, -0.05) is 17.7 Å². The van der Waals surface area contributed by atoms with E-state index in [0.29, 0.717) is 36.6 Å². The number of nitrogens with one attached hydrogen (secondary N) is 1. The third-order valence-electron chi connectivity index (χ3n) is 3.71. The van der Waals surface area contributed by atoms with Crippen molar-refractivity contribution in [3.05, 3.63) is 34.6 Å². The first-order valence-electron chi connectivity index (χ1n) is 6.17. The van der Waals surface area contributed by atoms with Crippen molar-refractivity contribution in [1.29, 1.82) is 0 Å². The number of benzene rings is 1. The summed E-state index contributed by atoms with van der Waals surface area (Å²) >= 11 is 5.78. The van der Waals surface area contributed by atoms with Crippen LogP contribution in [-0.2, 0) is 9.47 Å². The number of hydrazine groups is 1. The van der Waals surface area contributed by atoms with Crippen LogP contribution >= 0.6 is 11.6 Å². The van der Waals surface area contributed by atoms with Crippen LogP contribution < -0.4 is 11.3 Å². The fourth-order valence-electron chi connectivity index (χ4n) is 2.59. The zero-order valence-electron chi connectivity index (χ0n) is 10.8. The molecule has 3 N–H and O–H groups in total. The van der Waals surface area contributed by atoms with Crippen LogP contribution in [0, 0.1) is 5.82 Å². The van der Waals surface area contributed by atoms with Crippen LogP contribution in [0.15, 0.2) is 18.2 Å². The average molecular weight is 289 g/mol. The highest BCUT2D eigenvalue weighted by atomic mass is 35.5. The molecule has 6 heteroatoms. The van der Waals surface area contributed by atoms with Crippen LogP contribution in [-0.4, -0.2) is 25.9 Å². The van der Waals surface area contributed by atoms with Crippen molar-refractivity contribution in [3.63, 3.8) is 0 Å². The fraction of sp³-hybridized carbons (Fsp3) is 0.538. The van der Waals surface area contributed by atoms with Crippen LogP contribution in [0.25, 0.3) is 0 Å². The normalized spacial score (nSPS) is 20.2. The SMILES string of the molecule is COC1(C(NN)c2ccc(Cl)cc2F)CCOCC1. The summed E-state index contributed by atoms with van der Waals surface area (Å²) in [5.41, 5.74) is 2.56. The molecule has 0 amide bonds. The van der Waals surface area contributed by atoms with E-state index in [1.165, 1.54) is 6.07 Å². The number of halogens is 2. The maximum atomic E-state index is 14.1. The Hall–Kier alpha value is -0.720. The molecule has 2 rings (SSSR count). The Morgan fingerprint density at radius 3 is 2.68 bits per heavy atom. The summed E-state index contributed by atoms with van der Waals surface area (Å²) in [5, 5.41) is 0.357. The lowest BCUT2D eigenvalue weighted by molar-refractivity contribution is -0.112. The number of nitrogens with two attached hydrogens (primary N) is 1. The van der Waals surface area contributed by atoms with E-state index in [1.54, 1.807) is 19.2 Å². The molecule has 1 aromatic rings. The fourth-order valence-corrected chi connectivity index (χ4v) is 2.75. The van der Waals surface area contributed by atoms with Crippen molar-refractivity contribution in [1.82, 2.24) is 5.43 Å². The lowest BCUT2D eigenvalue weighted by Gasteiger charge is -2.42. The monoisotopic (exact) mass is 288 g/mol. The molecule has 106 valence electrons. The van der Waals surface area contributed by atoms with Crippen molar-refractivity contribution in [2.24, 2.45) is 5.84 Å². The smallest absolute Gasteiger partial charge is 0.129 e. The van der Waals surface area contributed by atoms with E-state index < -0.39 is 17.5 Å². The average Bonchev–Trinajstić information content (AvgIpc) is 2.43. The van der Waals surface area contributed by atoms with E-state index >= 15 is 0 Å². The van der Waals surface area contributed by atoms with E-state index in [9.17, 15) is 4.39 Å². The number of rotatable bonds is 4. The second kappa shape index (κ2) is 6.15. The largest absolute Gasteiger partial charge is 0.381 e. The molecule has 0 aromatic heterocycles. The minimum absolute atomic E-state index is 0.357. The van der Waals surface area contributed by atoms with E-state index in [0.717, 1.165) is 0 Å². The second-order valence-corrected chi connectivity index (χ2v) is 5.08. The van der Waals surface area contributed by atoms with Gasteiger partial charge in [-0.25, -0.2) is 9.82 Å². The van der Waals surface area contributed by atoms with Crippen molar-refractivity contribution < 1.29 is 13.9 Å². The molecule has 1 atom stereocenters. The molecule has 4 nitrogen and oxygen atoms in total. The zero-order valence-corrected chi connectivity index (χ0v) is 11.5. The lowest BCUT2D eigenvalue weighted by Crippen LogP contribution is -2.51. The maximum absolute atomic E-state index is 14.1. The van der Waals surface area contributed by atoms with Gasteiger partial charge in [0.15, 0.2) is 0 Å². The van der Waals surface area contributed by atoms with Crippen molar-refractivity contribution in [2.75, 3.05) is 20.3 Å². The maximum Gasteiger partial charge on any atom is 0.129 e. The number of hydrogen-bond donors (Lipinski definition) is 2. The first kappa shape index (κ1) is 14.7. The summed E-state index contributed by atoms with van der Waals surface area (Å²) in [6, 6.07) is 4.12. The van der Waals surface area contributed by atoms with Crippen molar-refractivity contribution >= 4 is 11.6 Å². The minimum Gasteiger partial charge on any atom is -0.381 e. The highest BCUT2D eigenvalue weighted by molar-refractivity contribution is 6.30. The number of methoxy groups -OCH3 is 1. The Kier molecular flexibility index (Phi) is 4.76. The molecule has 0 bridgehead atoms. The molecule has 1 aliphatic rings. The predicted octanol–water partition coefficient (Wildman–Crippen LogP) is 2.18. The van der Waals surface area contributed by atoms with Crippen LogP contribution in [0.3, 0.4) is 0 Å². The van der Waals surface area contributed by atoms with Gasteiger partial charge in [0.25, 0.3) is 0 Å². The summed E-state index contributed by atoms with van der Waals surface area (Å²) in [7, 11) is 1.61. The summed E-state index contributed by atoms with van der Waals surface area (Å²) < 4.78 is 25.1. The highest BCUT2D eigenvalue weighted by Gasteiger charge is 2.42. The Bertz CT molecular complexity index is 439. The van der Waals surface area contributed by atoms with Gasteiger partial charge in [0.1, 0.15) is 5.82 Å². The van der Waals surface area contributed by atoms with Gasteiger partial charge in [-0.2, -0.15) is 0 Å². The molecule has 0 aliphatic carbocycles. The first-order chi connectivity index (χ1) is 9.13. The van der Waals surface area contributed by atoms with Gasteiger partial charge in [0, 0.05) is 43.8 Å². The summed E-state index contributed by atoms with van der Waals surface area (Å²) in [6.07, 6.45) is 1.31. The summed E-state index contributed by atoms with van der Waals surface area (Å²) in [5.74, 6) is 5.24. The van der Waals surface area contributed by atoms with Gasteiger partial charge in [0.2, 0.25) is 0 Å². The Morgan fingerprint density at radius 1 is 1.47 bits per heavy atom. The van der Waals surface area contributed by atoms with Gasteiger partial charge in [-0.15, -0.1) is 0 Å². The molecule has 0 radical (unpaired) electrons. The van der Waals surface area contributed by atoms with Crippen LogP contribution in [0.1, 0.15) is 24.4 Å². The minimum atomic E-state index is -0.568. The summed E-state index contributed by atoms with van der Waals surface area (Å²) in [6.45, 7) is 1.14. The van der Waals surface area contributed by atoms with Crippen molar-refractivity contribution in [2.45, 2.75) is 24.5 Å². The van der Waals surface area contributed by atoms with E-state index in [4.69, 9.17) is 26.9 Å². The lowest BCUT2D eigenvalue weighted by atomic mass is 9.82. The van der Waals surface area contributed by atoms with Gasteiger partial charge in [0.05, 0.1) is 11.6 Å². The predicted molar refractivity (Wildman–Crippen MR) is 71.3 cm³/mol. The zero-order chi connectivity index (χ0) is 13.9. The topological polar surface area (TPSA) is 56.5 Å². The molecule has 19 heavy (non-hydrogen) atoms. The third-order valence-corrected chi connectivity index (χ3v) is 3.95.